The molecule has 1 atom stereocenters. The van der Waals surface area contributed by atoms with Crippen molar-refractivity contribution in [2.24, 2.45) is 5.92 Å². The predicted octanol–water partition coefficient (Wildman–Crippen LogP) is 3.57. The van der Waals surface area contributed by atoms with Crippen LogP contribution in [-0.2, 0) is 0 Å². The zero-order chi connectivity index (χ0) is 10.6. The molecule has 1 aromatic carbocycles. The Bertz CT molecular complexity index is 266. The quantitative estimate of drug-likeness (QED) is 0.874. The van der Waals surface area contributed by atoms with Crippen LogP contribution in [0.15, 0.2) is 28.7 Å². The van der Waals surface area contributed by atoms with Crippen molar-refractivity contribution in [3.05, 3.63) is 34.3 Å². The topological polar surface area (TPSA) is 20.2 Å². The van der Waals surface area contributed by atoms with Gasteiger partial charge >= 0.3 is 0 Å². The molecule has 0 aliphatic rings. The van der Waals surface area contributed by atoms with Crippen molar-refractivity contribution in [3.8, 4) is 0 Å². The molecule has 0 amide bonds. The smallest absolute Gasteiger partial charge is 0.0436 e. The van der Waals surface area contributed by atoms with E-state index in [0.29, 0.717) is 11.8 Å². The van der Waals surface area contributed by atoms with Crippen LogP contribution in [0, 0.1) is 5.92 Å². The van der Waals surface area contributed by atoms with Crippen LogP contribution in [-0.4, -0.2) is 11.7 Å². The molecule has 0 saturated heterocycles. The summed E-state index contributed by atoms with van der Waals surface area (Å²) in [6.07, 6.45) is 0.847. The van der Waals surface area contributed by atoms with E-state index in [0.717, 1.165) is 10.9 Å². The van der Waals surface area contributed by atoms with Gasteiger partial charge in [-0.1, -0.05) is 41.9 Å². The minimum Gasteiger partial charge on any atom is -0.396 e. The van der Waals surface area contributed by atoms with E-state index in [9.17, 15) is 0 Å². The van der Waals surface area contributed by atoms with Gasteiger partial charge in [-0.25, -0.2) is 0 Å². The van der Waals surface area contributed by atoms with E-state index in [1.165, 1.54) is 5.56 Å². The molecule has 14 heavy (non-hydrogen) atoms. The Morgan fingerprint density at radius 3 is 2.21 bits per heavy atom. The molecule has 1 rings (SSSR count). The molecule has 0 bridgehead atoms. The van der Waals surface area contributed by atoms with Gasteiger partial charge in [-0.2, -0.15) is 0 Å². The van der Waals surface area contributed by atoms with E-state index in [4.69, 9.17) is 5.11 Å². The highest BCUT2D eigenvalue weighted by atomic mass is 79.9. The predicted molar refractivity (Wildman–Crippen MR) is 63.4 cm³/mol. The Hall–Kier alpha value is -0.340. The highest BCUT2D eigenvalue weighted by molar-refractivity contribution is 9.10. The van der Waals surface area contributed by atoms with E-state index in [-0.39, 0.29) is 6.61 Å². The van der Waals surface area contributed by atoms with Crippen molar-refractivity contribution in [1.29, 1.82) is 0 Å². The maximum Gasteiger partial charge on any atom is 0.0436 e. The Morgan fingerprint density at radius 1 is 1.21 bits per heavy atom. The zero-order valence-electron chi connectivity index (χ0n) is 8.70. The van der Waals surface area contributed by atoms with Gasteiger partial charge in [0.25, 0.3) is 0 Å². The molecule has 1 N–H and O–H groups in total. The minimum atomic E-state index is 0.263. The molecule has 0 saturated carbocycles. The Balaban J connectivity index is 2.82. The van der Waals surface area contributed by atoms with E-state index < -0.39 is 0 Å². The zero-order valence-corrected chi connectivity index (χ0v) is 10.3. The van der Waals surface area contributed by atoms with Gasteiger partial charge in [0.2, 0.25) is 0 Å². The van der Waals surface area contributed by atoms with Crippen LogP contribution < -0.4 is 0 Å². The molecule has 2 heteroatoms. The molecular formula is C12H17BrO. The van der Waals surface area contributed by atoms with Gasteiger partial charge < -0.3 is 5.11 Å². The summed E-state index contributed by atoms with van der Waals surface area (Å²) in [5, 5.41) is 8.99. The summed E-state index contributed by atoms with van der Waals surface area (Å²) >= 11 is 3.42. The summed E-state index contributed by atoms with van der Waals surface area (Å²) in [7, 11) is 0. The first-order chi connectivity index (χ1) is 6.65. The number of hydrogen-bond acceptors (Lipinski definition) is 1. The van der Waals surface area contributed by atoms with E-state index >= 15 is 0 Å². The molecule has 78 valence electrons. The fraction of sp³-hybridized carbons (Fsp3) is 0.500. The standard InChI is InChI=1S/C12H17BrO/c1-9(2)12(7-8-14)10-3-5-11(13)6-4-10/h3-6,9,12,14H,7-8H2,1-2H3. The molecule has 0 aliphatic carbocycles. The molecule has 0 spiro atoms. The summed E-state index contributed by atoms with van der Waals surface area (Å²) in [6.45, 7) is 4.66. The lowest BCUT2D eigenvalue weighted by molar-refractivity contribution is 0.261. The van der Waals surface area contributed by atoms with Crippen LogP contribution in [0.4, 0.5) is 0 Å². The lowest BCUT2D eigenvalue weighted by Gasteiger charge is -2.20. The second kappa shape index (κ2) is 5.52. The van der Waals surface area contributed by atoms with Gasteiger partial charge in [-0.3, -0.25) is 0 Å². The number of aliphatic hydroxyl groups is 1. The van der Waals surface area contributed by atoms with Crippen LogP contribution in [0.1, 0.15) is 31.7 Å². The van der Waals surface area contributed by atoms with Crippen LogP contribution in [0.25, 0.3) is 0 Å². The van der Waals surface area contributed by atoms with Gasteiger partial charge in [0.05, 0.1) is 0 Å². The van der Waals surface area contributed by atoms with Gasteiger partial charge in [0.1, 0.15) is 0 Å². The van der Waals surface area contributed by atoms with Gasteiger partial charge in [-0.15, -0.1) is 0 Å². The first-order valence-corrected chi connectivity index (χ1v) is 5.80. The van der Waals surface area contributed by atoms with Crippen molar-refractivity contribution in [2.45, 2.75) is 26.2 Å². The van der Waals surface area contributed by atoms with Crippen molar-refractivity contribution < 1.29 is 5.11 Å². The monoisotopic (exact) mass is 256 g/mol. The lowest BCUT2D eigenvalue weighted by Crippen LogP contribution is -2.08. The van der Waals surface area contributed by atoms with Crippen molar-refractivity contribution in [2.75, 3.05) is 6.61 Å². The summed E-state index contributed by atoms with van der Waals surface area (Å²) in [4.78, 5) is 0. The molecule has 1 nitrogen and oxygen atoms in total. The van der Waals surface area contributed by atoms with Gasteiger partial charge in [-0.05, 0) is 36.0 Å². The molecule has 1 aromatic rings. The fourth-order valence-corrected chi connectivity index (χ4v) is 2.00. The SMILES string of the molecule is CC(C)C(CCO)c1ccc(Br)cc1. The molecule has 0 aliphatic heterocycles. The van der Waals surface area contributed by atoms with E-state index in [1.807, 2.05) is 0 Å². The highest BCUT2D eigenvalue weighted by Gasteiger charge is 2.14. The Kier molecular flexibility index (Phi) is 4.63. The number of halogens is 1. The van der Waals surface area contributed by atoms with Crippen LogP contribution in [0.5, 0.6) is 0 Å². The number of aliphatic hydroxyl groups excluding tert-OH is 1. The van der Waals surface area contributed by atoms with Crippen molar-refractivity contribution >= 4 is 15.9 Å². The third-order valence-corrected chi connectivity index (χ3v) is 3.07. The molecule has 0 heterocycles. The fourth-order valence-electron chi connectivity index (χ4n) is 1.73. The number of benzene rings is 1. The largest absolute Gasteiger partial charge is 0.396 e. The summed E-state index contributed by atoms with van der Waals surface area (Å²) in [5.41, 5.74) is 1.32. The highest BCUT2D eigenvalue weighted by Crippen LogP contribution is 2.28. The Labute approximate surface area is 94.3 Å². The van der Waals surface area contributed by atoms with Crippen molar-refractivity contribution in [1.82, 2.24) is 0 Å². The van der Waals surface area contributed by atoms with Crippen LogP contribution in [0.2, 0.25) is 0 Å². The van der Waals surface area contributed by atoms with Gasteiger partial charge in [0.15, 0.2) is 0 Å². The average molecular weight is 257 g/mol. The lowest BCUT2D eigenvalue weighted by atomic mass is 9.86. The maximum atomic E-state index is 8.99. The number of hydrogen-bond donors (Lipinski definition) is 1. The molecule has 0 radical (unpaired) electrons. The third kappa shape index (κ3) is 3.10. The van der Waals surface area contributed by atoms with E-state index in [1.54, 1.807) is 0 Å². The summed E-state index contributed by atoms with van der Waals surface area (Å²) in [6, 6.07) is 8.37. The Morgan fingerprint density at radius 2 is 1.79 bits per heavy atom. The second-order valence-electron chi connectivity index (χ2n) is 3.91. The van der Waals surface area contributed by atoms with Crippen LogP contribution in [0.3, 0.4) is 0 Å². The second-order valence-corrected chi connectivity index (χ2v) is 4.83. The summed E-state index contributed by atoms with van der Waals surface area (Å²) < 4.78 is 1.10. The third-order valence-electron chi connectivity index (χ3n) is 2.54. The first-order valence-electron chi connectivity index (χ1n) is 5.01. The average Bonchev–Trinajstić information content (AvgIpc) is 2.15. The minimum absolute atomic E-state index is 0.263. The molecule has 0 aromatic heterocycles. The van der Waals surface area contributed by atoms with Crippen LogP contribution >= 0.6 is 15.9 Å². The summed E-state index contributed by atoms with van der Waals surface area (Å²) in [5.74, 6) is 1.04. The molecular weight excluding hydrogens is 240 g/mol. The normalized spacial score (nSPS) is 13.2. The van der Waals surface area contributed by atoms with E-state index in [2.05, 4.69) is 54.0 Å². The maximum absolute atomic E-state index is 8.99. The first kappa shape index (κ1) is 11.7. The molecule has 1 unspecified atom stereocenters. The number of rotatable bonds is 4. The van der Waals surface area contributed by atoms with Crippen molar-refractivity contribution in [3.63, 3.8) is 0 Å². The van der Waals surface area contributed by atoms with Gasteiger partial charge in [0, 0.05) is 11.1 Å². The molecule has 0 fully saturated rings.